The van der Waals surface area contributed by atoms with Crippen molar-refractivity contribution < 1.29 is 14.3 Å². The Morgan fingerprint density at radius 2 is 1.90 bits per heavy atom. The van der Waals surface area contributed by atoms with E-state index in [2.05, 4.69) is 14.9 Å². The zero-order valence-electron chi connectivity index (χ0n) is 17.2. The molecule has 1 aliphatic rings. The van der Waals surface area contributed by atoms with Crippen LogP contribution in [0.4, 0.5) is 0 Å². The van der Waals surface area contributed by atoms with Crippen molar-refractivity contribution >= 4 is 34.4 Å². The van der Waals surface area contributed by atoms with E-state index in [1.807, 2.05) is 31.4 Å². The molecule has 8 heteroatoms. The summed E-state index contributed by atoms with van der Waals surface area (Å²) in [6.45, 7) is 6.30. The van der Waals surface area contributed by atoms with Crippen LogP contribution in [0.5, 0.6) is 0 Å². The van der Waals surface area contributed by atoms with E-state index in [9.17, 15) is 9.59 Å². The molecule has 0 spiro atoms. The molecule has 3 aromatic rings. The van der Waals surface area contributed by atoms with Crippen LogP contribution < -0.4 is 0 Å². The number of benzene rings is 1. The first-order valence-corrected chi connectivity index (χ1v) is 11.4. The molecule has 30 heavy (non-hydrogen) atoms. The van der Waals surface area contributed by atoms with Crippen molar-refractivity contribution in [1.29, 1.82) is 0 Å². The lowest BCUT2D eigenvalue weighted by molar-refractivity contribution is -0.127. The number of rotatable bonds is 7. The summed E-state index contributed by atoms with van der Waals surface area (Å²) in [7, 11) is 1.38. The van der Waals surface area contributed by atoms with Gasteiger partial charge in [0.1, 0.15) is 10.8 Å². The third-order valence-electron chi connectivity index (χ3n) is 5.21. The van der Waals surface area contributed by atoms with Crippen LogP contribution in [0.3, 0.4) is 0 Å². The second-order valence-corrected chi connectivity index (χ2v) is 9.64. The lowest BCUT2D eigenvalue weighted by Gasteiger charge is -2.38. The first kappa shape index (κ1) is 20.8. The van der Waals surface area contributed by atoms with E-state index in [-0.39, 0.29) is 17.7 Å². The standard InChI is InChI=1S/C22H23N3O3S2/c1-13-21(30-14(2)23-13)18-12-29-20(24-18)8-19(26)17-10-25(11-17)9-15-4-6-16(7-5-15)22(27)28-3/h4-7,12,17H,8-11H2,1-3H3. The van der Waals surface area contributed by atoms with E-state index in [0.717, 1.165) is 51.5 Å². The Hall–Kier alpha value is -2.42. The van der Waals surface area contributed by atoms with Gasteiger partial charge in [-0.25, -0.2) is 14.8 Å². The summed E-state index contributed by atoms with van der Waals surface area (Å²) in [4.78, 5) is 36.6. The summed E-state index contributed by atoms with van der Waals surface area (Å²) in [5.41, 5.74) is 3.59. The Balaban J connectivity index is 1.28. The van der Waals surface area contributed by atoms with Gasteiger partial charge in [-0.15, -0.1) is 22.7 Å². The van der Waals surface area contributed by atoms with Crippen LogP contribution in [0.1, 0.15) is 31.6 Å². The first-order valence-electron chi connectivity index (χ1n) is 9.74. The molecule has 1 fully saturated rings. The molecule has 0 bridgehead atoms. The minimum Gasteiger partial charge on any atom is -0.465 e. The fourth-order valence-electron chi connectivity index (χ4n) is 3.58. The molecule has 1 aliphatic heterocycles. The Kier molecular flexibility index (Phi) is 6.08. The number of aryl methyl sites for hydroxylation is 2. The summed E-state index contributed by atoms with van der Waals surface area (Å²) in [5, 5.41) is 3.92. The van der Waals surface area contributed by atoms with E-state index in [4.69, 9.17) is 4.74 Å². The normalized spacial score (nSPS) is 14.5. The van der Waals surface area contributed by atoms with Gasteiger partial charge in [-0.05, 0) is 31.5 Å². The molecule has 0 saturated carbocycles. The largest absolute Gasteiger partial charge is 0.465 e. The number of likely N-dealkylation sites (tertiary alicyclic amines) is 1. The van der Waals surface area contributed by atoms with Gasteiger partial charge in [-0.3, -0.25) is 9.69 Å². The number of hydrogen-bond acceptors (Lipinski definition) is 8. The predicted octanol–water partition coefficient (Wildman–Crippen LogP) is 3.91. The highest BCUT2D eigenvalue weighted by Gasteiger charge is 2.32. The van der Waals surface area contributed by atoms with Crippen molar-refractivity contribution in [3.05, 3.63) is 56.5 Å². The Labute approximate surface area is 183 Å². The van der Waals surface area contributed by atoms with E-state index in [0.29, 0.717) is 12.0 Å². The van der Waals surface area contributed by atoms with E-state index in [1.165, 1.54) is 7.11 Å². The minimum absolute atomic E-state index is 0.0686. The van der Waals surface area contributed by atoms with Crippen molar-refractivity contribution in [1.82, 2.24) is 14.9 Å². The zero-order valence-corrected chi connectivity index (χ0v) is 18.8. The topological polar surface area (TPSA) is 72.4 Å². The number of nitrogens with zero attached hydrogens (tertiary/aromatic N) is 3. The van der Waals surface area contributed by atoms with Crippen molar-refractivity contribution in [3.63, 3.8) is 0 Å². The van der Waals surface area contributed by atoms with Gasteiger partial charge in [-0.1, -0.05) is 12.1 Å². The lowest BCUT2D eigenvalue weighted by Crippen LogP contribution is -2.50. The average molecular weight is 442 g/mol. The fraction of sp³-hybridized carbons (Fsp3) is 0.364. The highest BCUT2D eigenvalue weighted by atomic mass is 32.1. The quantitative estimate of drug-likeness (QED) is 0.518. The van der Waals surface area contributed by atoms with Crippen LogP contribution in [0.2, 0.25) is 0 Å². The predicted molar refractivity (Wildman–Crippen MR) is 118 cm³/mol. The smallest absolute Gasteiger partial charge is 0.337 e. The van der Waals surface area contributed by atoms with Gasteiger partial charge in [0, 0.05) is 30.9 Å². The summed E-state index contributed by atoms with van der Waals surface area (Å²) in [5.74, 6) is -0.00776. The molecule has 0 atom stereocenters. The highest BCUT2D eigenvalue weighted by Crippen LogP contribution is 2.31. The van der Waals surface area contributed by atoms with Crippen molar-refractivity contribution in [2.24, 2.45) is 5.92 Å². The molecule has 2 aromatic heterocycles. The first-order chi connectivity index (χ1) is 14.4. The molecule has 0 N–H and O–H groups in total. The van der Waals surface area contributed by atoms with Crippen molar-refractivity contribution in [3.8, 4) is 10.6 Å². The number of methoxy groups -OCH3 is 1. The number of Topliss-reactive ketones (excluding diaryl/α,β-unsaturated/α-hetero) is 1. The third-order valence-corrected chi connectivity index (χ3v) is 7.15. The number of esters is 1. The fourth-order valence-corrected chi connectivity index (χ4v) is 5.33. The van der Waals surface area contributed by atoms with Crippen molar-refractivity contribution in [2.45, 2.75) is 26.8 Å². The molecular formula is C22H23N3O3S2. The number of carbonyl (C=O) groups excluding carboxylic acids is 2. The van der Waals surface area contributed by atoms with Crippen LogP contribution >= 0.6 is 22.7 Å². The Morgan fingerprint density at radius 3 is 2.53 bits per heavy atom. The van der Waals surface area contributed by atoms with Crippen LogP contribution in [0.25, 0.3) is 10.6 Å². The van der Waals surface area contributed by atoms with Gasteiger partial charge in [0.25, 0.3) is 0 Å². The van der Waals surface area contributed by atoms with Gasteiger partial charge in [0.15, 0.2) is 0 Å². The second-order valence-electron chi connectivity index (χ2n) is 7.50. The Bertz CT molecular complexity index is 1070. The monoisotopic (exact) mass is 441 g/mol. The summed E-state index contributed by atoms with van der Waals surface area (Å²) in [6, 6.07) is 7.41. The van der Waals surface area contributed by atoms with Gasteiger partial charge >= 0.3 is 5.97 Å². The summed E-state index contributed by atoms with van der Waals surface area (Å²) in [6.07, 6.45) is 0.397. The minimum atomic E-state index is -0.331. The number of ketones is 1. The average Bonchev–Trinajstić information content (AvgIpc) is 3.29. The number of thiazole rings is 2. The van der Waals surface area contributed by atoms with Crippen LogP contribution in [0, 0.1) is 19.8 Å². The van der Waals surface area contributed by atoms with Gasteiger partial charge in [0.2, 0.25) is 0 Å². The molecule has 1 saturated heterocycles. The van der Waals surface area contributed by atoms with Crippen LogP contribution in [-0.4, -0.2) is 46.8 Å². The number of ether oxygens (including phenoxy) is 1. The molecule has 0 unspecified atom stereocenters. The maximum absolute atomic E-state index is 12.6. The maximum atomic E-state index is 12.6. The molecule has 0 aliphatic carbocycles. The highest BCUT2D eigenvalue weighted by molar-refractivity contribution is 7.16. The molecule has 0 radical (unpaired) electrons. The Morgan fingerprint density at radius 1 is 1.17 bits per heavy atom. The zero-order chi connectivity index (χ0) is 21.3. The van der Waals surface area contributed by atoms with Crippen molar-refractivity contribution in [2.75, 3.05) is 20.2 Å². The molecular weight excluding hydrogens is 418 g/mol. The number of carbonyl (C=O) groups is 2. The third kappa shape index (κ3) is 4.50. The van der Waals surface area contributed by atoms with Gasteiger partial charge < -0.3 is 4.74 Å². The van der Waals surface area contributed by atoms with Gasteiger partial charge in [0.05, 0.1) is 40.4 Å². The lowest BCUT2D eigenvalue weighted by atomic mass is 9.93. The van der Waals surface area contributed by atoms with Crippen LogP contribution in [0.15, 0.2) is 29.6 Å². The molecule has 6 nitrogen and oxygen atoms in total. The van der Waals surface area contributed by atoms with Crippen LogP contribution in [-0.2, 0) is 22.5 Å². The molecule has 0 amide bonds. The second kappa shape index (κ2) is 8.75. The molecule has 3 heterocycles. The number of hydrogen-bond donors (Lipinski definition) is 0. The SMILES string of the molecule is COC(=O)c1ccc(CN2CC(C(=O)Cc3nc(-c4sc(C)nc4C)cs3)C2)cc1. The maximum Gasteiger partial charge on any atom is 0.337 e. The van der Waals surface area contributed by atoms with Gasteiger partial charge in [-0.2, -0.15) is 0 Å². The summed E-state index contributed by atoms with van der Waals surface area (Å²) < 4.78 is 4.72. The number of aromatic nitrogens is 2. The molecule has 156 valence electrons. The molecule has 1 aromatic carbocycles. The van der Waals surface area contributed by atoms with E-state index < -0.39 is 0 Å². The van der Waals surface area contributed by atoms with E-state index >= 15 is 0 Å². The van der Waals surface area contributed by atoms with E-state index in [1.54, 1.807) is 34.8 Å². The summed E-state index contributed by atoms with van der Waals surface area (Å²) >= 11 is 3.19. The molecule has 4 rings (SSSR count).